The summed E-state index contributed by atoms with van der Waals surface area (Å²) in [6, 6.07) is 0.336. The van der Waals surface area contributed by atoms with Crippen LogP contribution in [0.1, 0.15) is 75.4 Å². The van der Waals surface area contributed by atoms with Gasteiger partial charge in [0.25, 0.3) is 0 Å². The highest BCUT2D eigenvalue weighted by Crippen LogP contribution is 2.40. The first-order valence-corrected chi connectivity index (χ1v) is 8.04. The minimum absolute atomic E-state index is 0.290. The Morgan fingerprint density at radius 2 is 2.00 bits per heavy atom. The number of hydrogen-bond acceptors (Lipinski definition) is 4. The van der Waals surface area contributed by atoms with E-state index in [9.17, 15) is 0 Å². The Labute approximate surface area is 114 Å². The lowest BCUT2D eigenvalue weighted by Crippen LogP contribution is -2.24. The van der Waals surface area contributed by atoms with Crippen LogP contribution in [0, 0.1) is 0 Å². The van der Waals surface area contributed by atoms with Crippen LogP contribution in [0.15, 0.2) is 0 Å². The molecule has 3 nitrogen and oxygen atoms in total. The van der Waals surface area contributed by atoms with Crippen LogP contribution in [0.2, 0.25) is 0 Å². The average molecular weight is 267 g/mol. The first-order valence-electron chi connectivity index (χ1n) is 7.23. The molecule has 1 heterocycles. The Morgan fingerprint density at radius 3 is 2.67 bits per heavy atom. The molecule has 0 radical (unpaired) electrons. The largest absolute Gasteiger partial charge is 0.308 e. The molecule has 1 fully saturated rings. The van der Waals surface area contributed by atoms with E-state index in [4.69, 9.17) is 0 Å². The molecule has 0 aromatic carbocycles. The summed E-state index contributed by atoms with van der Waals surface area (Å²) in [6.07, 6.45) is 7.78. The molecule has 1 aliphatic rings. The molecule has 18 heavy (non-hydrogen) atoms. The molecule has 0 spiro atoms. The molecule has 0 saturated heterocycles. The average Bonchev–Trinajstić information content (AvgIpc) is 2.87. The van der Waals surface area contributed by atoms with Crippen LogP contribution < -0.4 is 5.32 Å². The highest BCUT2D eigenvalue weighted by atomic mass is 32.1. The zero-order valence-corrected chi connectivity index (χ0v) is 12.6. The van der Waals surface area contributed by atoms with Crippen molar-refractivity contribution in [2.45, 2.75) is 70.8 Å². The van der Waals surface area contributed by atoms with Crippen molar-refractivity contribution in [3.05, 3.63) is 10.0 Å². The van der Waals surface area contributed by atoms with Crippen LogP contribution in [0.3, 0.4) is 0 Å². The van der Waals surface area contributed by atoms with Crippen molar-refractivity contribution in [1.82, 2.24) is 15.5 Å². The SMILES string of the molecule is CCCNC(C)c1nnc(C2(C)CCCCC2)s1. The van der Waals surface area contributed by atoms with Gasteiger partial charge in [-0.1, -0.05) is 44.4 Å². The number of hydrogen-bond donors (Lipinski definition) is 1. The lowest BCUT2D eigenvalue weighted by molar-refractivity contribution is 0.317. The molecule has 1 aliphatic carbocycles. The third kappa shape index (κ3) is 3.09. The summed E-state index contributed by atoms with van der Waals surface area (Å²) < 4.78 is 0. The van der Waals surface area contributed by atoms with Crippen molar-refractivity contribution in [2.24, 2.45) is 0 Å². The fourth-order valence-corrected chi connectivity index (χ4v) is 3.72. The molecule has 102 valence electrons. The maximum Gasteiger partial charge on any atom is 0.134 e. The van der Waals surface area contributed by atoms with E-state index >= 15 is 0 Å². The molecule has 4 heteroatoms. The molecule has 0 aliphatic heterocycles. The van der Waals surface area contributed by atoms with Gasteiger partial charge in [0.2, 0.25) is 0 Å². The zero-order valence-electron chi connectivity index (χ0n) is 11.8. The standard InChI is InChI=1S/C14H25N3S/c1-4-10-15-11(2)12-16-17-13(18-12)14(3)8-6-5-7-9-14/h11,15H,4-10H2,1-3H3. The molecule has 1 unspecified atom stereocenters. The van der Waals surface area contributed by atoms with E-state index in [0.29, 0.717) is 11.5 Å². The molecular formula is C14H25N3S. The molecule has 1 aromatic rings. The molecule has 1 atom stereocenters. The molecule has 0 amide bonds. The van der Waals surface area contributed by atoms with E-state index < -0.39 is 0 Å². The summed E-state index contributed by atoms with van der Waals surface area (Å²) in [6.45, 7) is 7.78. The first-order chi connectivity index (χ1) is 8.65. The molecule has 1 saturated carbocycles. The van der Waals surface area contributed by atoms with E-state index in [1.165, 1.54) is 37.1 Å². The Morgan fingerprint density at radius 1 is 1.28 bits per heavy atom. The lowest BCUT2D eigenvalue weighted by Gasteiger charge is -2.30. The summed E-state index contributed by atoms with van der Waals surface area (Å²) in [7, 11) is 0. The van der Waals surface area contributed by atoms with Gasteiger partial charge in [-0.05, 0) is 32.7 Å². The summed E-state index contributed by atoms with van der Waals surface area (Å²) in [5, 5.41) is 14.7. The minimum Gasteiger partial charge on any atom is -0.308 e. The van der Waals surface area contributed by atoms with Gasteiger partial charge in [-0.25, -0.2) is 0 Å². The van der Waals surface area contributed by atoms with E-state index in [0.717, 1.165) is 18.0 Å². The summed E-state index contributed by atoms with van der Waals surface area (Å²) in [5.41, 5.74) is 0.290. The Kier molecular flexibility index (Phi) is 4.73. The fraction of sp³-hybridized carbons (Fsp3) is 0.857. The maximum atomic E-state index is 4.47. The number of nitrogens with one attached hydrogen (secondary N) is 1. The van der Waals surface area contributed by atoms with Crippen molar-refractivity contribution in [1.29, 1.82) is 0 Å². The number of aromatic nitrogens is 2. The van der Waals surface area contributed by atoms with E-state index in [2.05, 4.69) is 36.3 Å². The minimum atomic E-state index is 0.290. The second kappa shape index (κ2) is 6.11. The smallest absolute Gasteiger partial charge is 0.134 e. The Hall–Kier alpha value is -0.480. The monoisotopic (exact) mass is 267 g/mol. The Bertz CT molecular complexity index is 369. The normalized spacial score (nSPS) is 20.8. The first kappa shape index (κ1) is 13.9. The highest BCUT2D eigenvalue weighted by molar-refractivity contribution is 7.11. The van der Waals surface area contributed by atoms with Crippen molar-refractivity contribution in [2.75, 3.05) is 6.54 Å². The van der Waals surface area contributed by atoms with Crippen molar-refractivity contribution in [3.8, 4) is 0 Å². The van der Waals surface area contributed by atoms with E-state index in [1.54, 1.807) is 0 Å². The van der Waals surface area contributed by atoms with Crippen molar-refractivity contribution < 1.29 is 0 Å². The number of nitrogens with zero attached hydrogens (tertiary/aromatic N) is 2. The van der Waals surface area contributed by atoms with Crippen molar-refractivity contribution in [3.63, 3.8) is 0 Å². The van der Waals surface area contributed by atoms with Crippen LogP contribution in [0.5, 0.6) is 0 Å². The van der Waals surface area contributed by atoms with Crippen LogP contribution in [0.25, 0.3) is 0 Å². The molecule has 1 aromatic heterocycles. The van der Waals surface area contributed by atoms with Crippen LogP contribution in [-0.4, -0.2) is 16.7 Å². The molecule has 2 rings (SSSR count). The quantitative estimate of drug-likeness (QED) is 0.881. The van der Waals surface area contributed by atoms with Gasteiger partial charge in [0.05, 0.1) is 6.04 Å². The summed E-state index contributed by atoms with van der Waals surface area (Å²) in [5.74, 6) is 0. The van der Waals surface area contributed by atoms with Gasteiger partial charge >= 0.3 is 0 Å². The summed E-state index contributed by atoms with van der Waals surface area (Å²) >= 11 is 1.81. The topological polar surface area (TPSA) is 37.8 Å². The third-order valence-electron chi connectivity index (χ3n) is 3.99. The predicted molar refractivity (Wildman–Crippen MR) is 77.1 cm³/mol. The van der Waals surface area contributed by atoms with Crippen LogP contribution >= 0.6 is 11.3 Å². The zero-order chi connectivity index (χ0) is 13.0. The predicted octanol–water partition coefficient (Wildman–Crippen LogP) is 3.82. The van der Waals surface area contributed by atoms with Gasteiger partial charge in [0.1, 0.15) is 10.0 Å². The van der Waals surface area contributed by atoms with Gasteiger partial charge in [0.15, 0.2) is 0 Å². The van der Waals surface area contributed by atoms with E-state index in [1.807, 2.05) is 11.3 Å². The Balaban J connectivity index is 2.04. The lowest BCUT2D eigenvalue weighted by atomic mass is 9.76. The highest BCUT2D eigenvalue weighted by Gasteiger charge is 2.32. The van der Waals surface area contributed by atoms with Crippen LogP contribution in [0.4, 0.5) is 0 Å². The van der Waals surface area contributed by atoms with Crippen LogP contribution in [-0.2, 0) is 5.41 Å². The molecule has 0 bridgehead atoms. The maximum absolute atomic E-state index is 4.47. The van der Waals surface area contributed by atoms with Gasteiger partial charge in [-0.3, -0.25) is 0 Å². The summed E-state index contributed by atoms with van der Waals surface area (Å²) in [4.78, 5) is 0. The van der Waals surface area contributed by atoms with E-state index in [-0.39, 0.29) is 0 Å². The van der Waals surface area contributed by atoms with Crippen molar-refractivity contribution >= 4 is 11.3 Å². The van der Waals surface area contributed by atoms with Gasteiger partial charge < -0.3 is 5.32 Å². The molecular weight excluding hydrogens is 242 g/mol. The van der Waals surface area contributed by atoms with Gasteiger partial charge in [0, 0.05) is 5.41 Å². The fourth-order valence-electron chi connectivity index (χ4n) is 2.65. The third-order valence-corrected chi connectivity index (χ3v) is 5.40. The van der Waals surface area contributed by atoms with Gasteiger partial charge in [-0.2, -0.15) is 0 Å². The second-order valence-electron chi connectivity index (χ2n) is 5.74. The molecule has 1 N–H and O–H groups in total. The van der Waals surface area contributed by atoms with Gasteiger partial charge in [-0.15, -0.1) is 10.2 Å². The second-order valence-corrected chi connectivity index (χ2v) is 6.75. The number of rotatable bonds is 5.